The van der Waals surface area contributed by atoms with Crippen LogP contribution in [0.25, 0.3) is 11.1 Å². The Hall–Kier alpha value is -1.71. The third-order valence-corrected chi connectivity index (χ3v) is 4.03. The van der Waals surface area contributed by atoms with Crippen LogP contribution >= 0.6 is 0 Å². The number of anilines is 1. The first-order valence-corrected chi connectivity index (χ1v) is 7.18. The van der Waals surface area contributed by atoms with Crippen molar-refractivity contribution in [1.29, 1.82) is 0 Å². The highest BCUT2D eigenvalue weighted by molar-refractivity contribution is 5.76. The summed E-state index contributed by atoms with van der Waals surface area (Å²) >= 11 is 0. The number of H-pyrrole nitrogens is 1. The van der Waals surface area contributed by atoms with Crippen molar-refractivity contribution in [3.63, 3.8) is 0 Å². The van der Waals surface area contributed by atoms with Gasteiger partial charge in [-0.3, -0.25) is 4.98 Å². The molecule has 2 N–H and O–H groups in total. The first-order chi connectivity index (χ1) is 9.31. The molecule has 19 heavy (non-hydrogen) atoms. The summed E-state index contributed by atoms with van der Waals surface area (Å²) in [5.74, 6) is 0.494. The van der Waals surface area contributed by atoms with E-state index in [1.807, 2.05) is 18.2 Å². The summed E-state index contributed by atoms with van der Waals surface area (Å²) in [5, 5.41) is 3.43. The number of oxazole rings is 1. The third-order valence-electron chi connectivity index (χ3n) is 4.03. The summed E-state index contributed by atoms with van der Waals surface area (Å²) in [7, 11) is 0. The van der Waals surface area contributed by atoms with Gasteiger partial charge in [-0.1, -0.05) is 32.1 Å². The molecule has 4 heteroatoms. The van der Waals surface area contributed by atoms with Gasteiger partial charge >= 0.3 is 5.76 Å². The molecule has 1 aliphatic carbocycles. The fourth-order valence-electron chi connectivity index (χ4n) is 2.96. The molecule has 0 unspecified atom stereocenters. The lowest BCUT2D eigenvalue weighted by molar-refractivity contribution is 0.345. The third kappa shape index (κ3) is 3.00. The highest BCUT2D eigenvalue weighted by Crippen LogP contribution is 2.26. The fraction of sp³-hybridized carbons (Fsp3) is 0.533. The van der Waals surface area contributed by atoms with Crippen LogP contribution in [-0.2, 0) is 0 Å². The number of nitrogens with one attached hydrogen (secondary N) is 2. The van der Waals surface area contributed by atoms with Crippen LogP contribution in [0.5, 0.6) is 0 Å². The van der Waals surface area contributed by atoms with Crippen LogP contribution in [0.4, 0.5) is 5.69 Å². The molecule has 1 aromatic carbocycles. The zero-order valence-corrected chi connectivity index (χ0v) is 11.1. The summed E-state index contributed by atoms with van der Waals surface area (Å²) in [6, 6.07) is 5.72. The first-order valence-electron chi connectivity index (χ1n) is 7.18. The Morgan fingerprint density at radius 1 is 1.26 bits per heavy atom. The molecule has 1 aromatic heterocycles. The van der Waals surface area contributed by atoms with E-state index in [2.05, 4.69) is 10.3 Å². The summed E-state index contributed by atoms with van der Waals surface area (Å²) in [5.41, 5.74) is 2.41. The van der Waals surface area contributed by atoms with Crippen LogP contribution in [0.2, 0.25) is 0 Å². The standard InChI is InChI=1S/C15H20N2O2/c18-15-17-13-10-12(6-7-14(13)19-15)16-9-8-11-4-2-1-3-5-11/h6-7,10-11,16H,1-5,8-9H2,(H,17,18). The van der Waals surface area contributed by atoms with Crippen LogP contribution in [0.1, 0.15) is 38.5 Å². The van der Waals surface area contributed by atoms with Gasteiger partial charge in [-0.15, -0.1) is 0 Å². The van der Waals surface area contributed by atoms with Gasteiger partial charge in [-0.2, -0.15) is 0 Å². The first kappa shape index (κ1) is 12.3. The maximum atomic E-state index is 11.1. The summed E-state index contributed by atoms with van der Waals surface area (Å²) in [4.78, 5) is 13.8. The molecule has 4 nitrogen and oxygen atoms in total. The average Bonchev–Trinajstić information content (AvgIpc) is 2.79. The predicted molar refractivity (Wildman–Crippen MR) is 76.5 cm³/mol. The van der Waals surface area contributed by atoms with Crippen LogP contribution in [0.3, 0.4) is 0 Å². The van der Waals surface area contributed by atoms with Crippen molar-refractivity contribution in [3.05, 3.63) is 28.7 Å². The van der Waals surface area contributed by atoms with Crippen molar-refractivity contribution in [2.75, 3.05) is 11.9 Å². The van der Waals surface area contributed by atoms with Crippen molar-refractivity contribution in [1.82, 2.24) is 4.98 Å². The minimum Gasteiger partial charge on any atom is -0.408 e. The highest BCUT2D eigenvalue weighted by Gasteiger charge is 2.12. The molecule has 0 saturated heterocycles. The van der Waals surface area contributed by atoms with E-state index in [-0.39, 0.29) is 0 Å². The Labute approximate surface area is 112 Å². The Balaban J connectivity index is 1.57. The van der Waals surface area contributed by atoms with Gasteiger partial charge in [0.25, 0.3) is 0 Å². The molecule has 2 aromatic rings. The lowest BCUT2D eigenvalue weighted by atomic mass is 9.87. The van der Waals surface area contributed by atoms with E-state index < -0.39 is 5.76 Å². The summed E-state index contributed by atoms with van der Waals surface area (Å²) in [6.07, 6.45) is 8.21. The van der Waals surface area contributed by atoms with Crippen molar-refractivity contribution in [2.45, 2.75) is 38.5 Å². The smallest absolute Gasteiger partial charge is 0.408 e. The molecule has 0 atom stereocenters. The van der Waals surface area contributed by atoms with Crippen LogP contribution in [0.15, 0.2) is 27.4 Å². The molecule has 0 bridgehead atoms. The maximum absolute atomic E-state index is 11.1. The Kier molecular flexibility index (Phi) is 3.58. The number of benzene rings is 1. The minimum absolute atomic E-state index is 0.394. The number of aromatic amines is 1. The minimum atomic E-state index is -0.394. The van der Waals surface area contributed by atoms with Crippen molar-refractivity contribution in [2.24, 2.45) is 5.92 Å². The van der Waals surface area contributed by atoms with Crippen molar-refractivity contribution >= 4 is 16.8 Å². The van der Waals surface area contributed by atoms with E-state index in [0.29, 0.717) is 5.58 Å². The van der Waals surface area contributed by atoms with Gasteiger partial charge in [0.1, 0.15) is 0 Å². The SMILES string of the molecule is O=c1[nH]c2cc(NCCC3CCCCC3)ccc2o1. The highest BCUT2D eigenvalue weighted by atomic mass is 16.4. The van der Waals surface area contributed by atoms with Crippen molar-refractivity contribution in [3.8, 4) is 0 Å². The maximum Gasteiger partial charge on any atom is 0.417 e. The van der Waals surface area contributed by atoms with Crippen molar-refractivity contribution < 1.29 is 4.42 Å². The van der Waals surface area contributed by atoms with E-state index in [1.165, 1.54) is 38.5 Å². The predicted octanol–water partition coefficient (Wildman–Crippen LogP) is 3.50. The van der Waals surface area contributed by atoms with Crippen LogP contribution in [0, 0.1) is 5.92 Å². The molecule has 1 fully saturated rings. The number of fused-ring (bicyclic) bond motifs is 1. The molecule has 102 valence electrons. The van der Waals surface area contributed by atoms with Gasteiger partial charge in [0, 0.05) is 12.2 Å². The summed E-state index contributed by atoms with van der Waals surface area (Å²) < 4.78 is 4.98. The lowest BCUT2D eigenvalue weighted by Gasteiger charge is -2.21. The fourth-order valence-corrected chi connectivity index (χ4v) is 2.96. The second kappa shape index (κ2) is 5.51. The molecule has 0 spiro atoms. The number of hydrogen-bond donors (Lipinski definition) is 2. The number of hydrogen-bond acceptors (Lipinski definition) is 3. The second-order valence-corrected chi connectivity index (χ2v) is 5.44. The van der Waals surface area contributed by atoms with Gasteiger partial charge in [0.2, 0.25) is 0 Å². The van der Waals surface area contributed by atoms with Gasteiger partial charge < -0.3 is 9.73 Å². The van der Waals surface area contributed by atoms with Gasteiger partial charge in [-0.25, -0.2) is 4.79 Å². The topological polar surface area (TPSA) is 58.0 Å². The zero-order valence-electron chi connectivity index (χ0n) is 11.1. The van der Waals surface area contributed by atoms with E-state index in [4.69, 9.17) is 4.42 Å². The molecule has 0 radical (unpaired) electrons. The quantitative estimate of drug-likeness (QED) is 0.884. The normalized spacial score (nSPS) is 16.8. The molecule has 1 aliphatic rings. The molecule has 0 amide bonds. The molecular formula is C15H20N2O2. The Morgan fingerprint density at radius 3 is 2.95 bits per heavy atom. The molecular weight excluding hydrogens is 240 g/mol. The van der Waals surface area contributed by atoms with E-state index in [0.717, 1.165) is 23.7 Å². The average molecular weight is 260 g/mol. The van der Waals surface area contributed by atoms with Crippen LogP contribution in [-0.4, -0.2) is 11.5 Å². The van der Waals surface area contributed by atoms with E-state index >= 15 is 0 Å². The lowest BCUT2D eigenvalue weighted by Crippen LogP contribution is -2.12. The summed E-state index contributed by atoms with van der Waals surface area (Å²) in [6.45, 7) is 0.998. The van der Waals surface area contributed by atoms with Gasteiger partial charge in [0.15, 0.2) is 5.58 Å². The number of rotatable bonds is 4. The van der Waals surface area contributed by atoms with Gasteiger partial charge in [0.05, 0.1) is 5.52 Å². The zero-order chi connectivity index (χ0) is 13.1. The monoisotopic (exact) mass is 260 g/mol. The largest absolute Gasteiger partial charge is 0.417 e. The van der Waals surface area contributed by atoms with E-state index in [1.54, 1.807) is 0 Å². The number of aromatic nitrogens is 1. The Bertz CT molecular complexity index is 593. The molecule has 0 aliphatic heterocycles. The molecule has 1 heterocycles. The second-order valence-electron chi connectivity index (χ2n) is 5.44. The Morgan fingerprint density at radius 2 is 2.11 bits per heavy atom. The van der Waals surface area contributed by atoms with Gasteiger partial charge in [-0.05, 0) is 30.5 Å². The van der Waals surface area contributed by atoms with Crippen LogP contribution < -0.4 is 11.1 Å². The molecule has 3 rings (SSSR count). The molecule has 1 saturated carbocycles. The van der Waals surface area contributed by atoms with E-state index in [9.17, 15) is 4.79 Å².